The molecule has 0 amide bonds. The smallest absolute Gasteiger partial charge is 0.258 e. The molecule has 0 aliphatic carbocycles. The molecule has 0 radical (unpaired) electrons. The van der Waals surface area contributed by atoms with Gasteiger partial charge in [0.25, 0.3) is 11.5 Å². The van der Waals surface area contributed by atoms with Gasteiger partial charge < -0.3 is 0 Å². The Morgan fingerprint density at radius 3 is 2.26 bits per heavy atom. The molecular weight excluding hydrogens is 270 g/mol. The number of non-ortho nitro benzene ring substituents is 1. The van der Waals surface area contributed by atoms with Crippen LogP contribution >= 0.6 is 0 Å². The molecule has 0 aliphatic rings. The van der Waals surface area contributed by atoms with Crippen molar-refractivity contribution in [3.63, 3.8) is 0 Å². The number of hydrogen-bond acceptors (Lipinski definition) is 4. The van der Waals surface area contributed by atoms with E-state index in [9.17, 15) is 18.5 Å². The zero-order valence-electron chi connectivity index (χ0n) is 10.3. The third-order valence-electron chi connectivity index (χ3n) is 2.86. The van der Waals surface area contributed by atoms with Crippen LogP contribution in [-0.2, 0) is 17.1 Å². The van der Waals surface area contributed by atoms with Crippen LogP contribution in [0.1, 0.15) is 5.82 Å². The van der Waals surface area contributed by atoms with Gasteiger partial charge in [-0.2, -0.15) is 8.42 Å². The molecule has 19 heavy (non-hydrogen) atoms. The Labute approximate surface area is 109 Å². The highest BCUT2D eigenvalue weighted by molar-refractivity contribution is 7.90. The molecular formula is C11H12N3O4S+. The first-order valence-electron chi connectivity index (χ1n) is 5.37. The highest BCUT2D eigenvalue weighted by atomic mass is 32.2. The Balaban J connectivity index is 2.51. The van der Waals surface area contributed by atoms with Gasteiger partial charge in [-0.1, -0.05) is 0 Å². The van der Waals surface area contributed by atoms with Gasteiger partial charge in [-0.05, 0) is 12.1 Å². The lowest BCUT2D eigenvalue weighted by molar-refractivity contribution is -0.676. The second kappa shape index (κ2) is 4.47. The third-order valence-corrected chi connectivity index (χ3v) is 4.63. The Morgan fingerprint density at radius 1 is 1.26 bits per heavy atom. The molecule has 0 atom stereocenters. The summed E-state index contributed by atoms with van der Waals surface area (Å²) in [4.78, 5) is 9.98. The topological polar surface area (TPSA) is 86.1 Å². The van der Waals surface area contributed by atoms with Crippen LogP contribution in [0.5, 0.6) is 0 Å². The summed E-state index contributed by atoms with van der Waals surface area (Å²) < 4.78 is 27.5. The largest absolute Gasteiger partial charge is 0.335 e. The van der Waals surface area contributed by atoms with Gasteiger partial charge in [-0.15, -0.1) is 3.97 Å². The van der Waals surface area contributed by atoms with Gasteiger partial charge in [0.1, 0.15) is 17.3 Å². The van der Waals surface area contributed by atoms with E-state index in [-0.39, 0.29) is 10.6 Å². The van der Waals surface area contributed by atoms with Gasteiger partial charge in [0.05, 0.1) is 12.0 Å². The minimum atomic E-state index is -3.72. The van der Waals surface area contributed by atoms with Gasteiger partial charge in [-0.25, -0.2) is 4.57 Å². The summed E-state index contributed by atoms with van der Waals surface area (Å²) in [6.45, 7) is 1.67. The van der Waals surface area contributed by atoms with Crippen LogP contribution in [0.15, 0.2) is 41.6 Å². The van der Waals surface area contributed by atoms with Crippen molar-refractivity contribution >= 4 is 15.7 Å². The summed E-state index contributed by atoms with van der Waals surface area (Å²) in [5.74, 6) is 0.540. The van der Waals surface area contributed by atoms with E-state index in [1.807, 2.05) is 0 Å². The molecule has 0 bridgehead atoms. The molecule has 100 valence electrons. The lowest BCUT2D eigenvalue weighted by Crippen LogP contribution is -2.31. The first-order valence-corrected chi connectivity index (χ1v) is 6.81. The van der Waals surface area contributed by atoms with Crippen molar-refractivity contribution in [1.29, 1.82) is 0 Å². The van der Waals surface area contributed by atoms with Crippen LogP contribution in [0, 0.1) is 17.0 Å². The molecule has 1 heterocycles. The summed E-state index contributed by atoms with van der Waals surface area (Å²) in [7, 11) is -1.98. The zero-order chi connectivity index (χ0) is 14.2. The van der Waals surface area contributed by atoms with Crippen LogP contribution in [0.2, 0.25) is 0 Å². The molecule has 0 saturated carbocycles. The summed E-state index contributed by atoms with van der Waals surface area (Å²) in [6.07, 6.45) is 3.06. The van der Waals surface area contributed by atoms with Gasteiger partial charge in [-0.3, -0.25) is 10.1 Å². The van der Waals surface area contributed by atoms with Crippen LogP contribution in [0.4, 0.5) is 5.69 Å². The molecule has 2 rings (SSSR count). The van der Waals surface area contributed by atoms with E-state index in [0.717, 1.165) is 3.97 Å². The maximum Gasteiger partial charge on any atom is 0.335 e. The lowest BCUT2D eigenvalue weighted by atomic mass is 10.3. The fourth-order valence-electron chi connectivity index (χ4n) is 1.64. The second-order valence-electron chi connectivity index (χ2n) is 4.01. The van der Waals surface area contributed by atoms with Crippen LogP contribution < -0.4 is 4.57 Å². The van der Waals surface area contributed by atoms with Gasteiger partial charge in [0.15, 0.2) is 0 Å². The summed E-state index contributed by atoms with van der Waals surface area (Å²) in [6, 6.07) is 4.80. The number of aryl methyl sites for hydroxylation is 1. The van der Waals surface area contributed by atoms with E-state index < -0.39 is 14.9 Å². The number of hydrogen-bond donors (Lipinski definition) is 0. The van der Waals surface area contributed by atoms with Crippen molar-refractivity contribution in [3.8, 4) is 0 Å². The fraction of sp³-hybridized carbons (Fsp3) is 0.182. The predicted molar refractivity (Wildman–Crippen MR) is 66.0 cm³/mol. The number of nitrogens with zero attached hydrogens (tertiary/aromatic N) is 3. The normalized spacial score (nSPS) is 11.5. The third kappa shape index (κ3) is 2.22. The van der Waals surface area contributed by atoms with E-state index in [2.05, 4.69) is 0 Å². The van der Waals surface area contributed by atoms with E-state index in [1.54, 1.807) is 24.7 Å². The van der Waals surface area contributed by atoms with E-state index in [0.29, 0.717) is 5.82 Å². The summed E-state index contributed by atoms with van der Waals surface area (Å²) in [5, 5.41) is 10.5. The molecule has 1 aromatic carbocycles. The Morgan fingerprint density at radius 2 is 1.84 bits per heavy atom. The van der Waals surface area contributed by atoms with Crippen molar-refractivity contribution in [2.45, 2.75) is 11.8 Å². The summed E-state index contributed by atoms with van der Waals surface area (Å²) >= 11 is 0. The first kappa shape index (κ1) is 13.2. The minimum Gasteiger partial charge on any atom is -0.258 e. The van der Waals surface area contributed by atoms with Crippen molar-refractivity contribution in [2.24, 2.45) is 7.05 Å². The number of imidazole rings is 1. The molecule has 0 N–H and O–H groups in total. The number of benzene rings is 1. The van der Waals surface area contributed by atoms with Crippen LogP contribution in [-0.4, -0.2) is 17.3 Å². The van der Waals surface area contributed by atoms with Gasteiger partial charge in [0, 0.05) is 19.1 Å². The van der Waals surface area contributed by atoms with Crippen molar-refractivity contribution in [1.82, 2.24) is 3.97 Å². The number of rotatable bonds is 3. The predicted octanol–water partition coefficient (Wildman–Crippen LogP) is 0.766. The fourth-order valence-corrected chi connectivity index (χ4v) is 3.04. The quantitative estimate of drug-likeness (QED) is 0.472. The highest BCUT2D eigenvalue weighted by Crippen LogP contribution is 2.18. The number of aromatic nitrogens is 2. The SMILES string of the molecule is Cc1n(S(=O)(=O)c2ccc([N+](=O)[O-])cc2)cc[n+]1C. The molecule has 0 aliphatic heterocycles. The molecule has 0 spiro atoms. The van der Waals surface area contributed by atoms with E-state index in [4.69, 9.17) is 0 Å². The molecule has 0 unspecified atom stereocenters. The average molecular weight is 282 g/mol. The molecule has 1 aromatic heterocycles. The summed E-state index contributed by atoms with van der Waals surface area (Å²) in [5.41, 5.74) is -0.145. The molecule has 7 nitrogen and oxygen atoms in total. The molecule has 8 heteroatoms. The number of nitro benzene ring substituents is 1. The second-order valence-corrected chi connectivity index (χ2v) is 5.82. The molecule has 0 fully saturated rings. The van der Waals surface area contributed by atoms with Crippen molar-refractivity contribution < 1.29 is 17.9 Å². The monoisotopic (exact) mass is 282 g/mol. The van der Waals surface area contributed by atoms with E-state index >= 15 is 0 Å². The Hall–Kier alpha value is -2.22. The van der Waals surface area contributed by atoms with Crippen molar-refractivity contribution in [2.75, 3.05) is 0 Å². The highest BCUT2D eigenvalue weighted by Gasteiger charge is 2.26. The molecule has 0 saturated heterocycles. The van der Waals surface area contributed by atoms with Crippen LogP contribution in [0.3, 0.4) is 0 Å². The van der Waals surface area contributed by atoms with Crippen LogP contribution in [0.25, 0.3) is 0 Å². The first-order chi connectivity index (χ1) is 8.84. The molecule has 2 aromatic rings. The van der Waals surface area contributed by atoms with Crippen molar-refractivity contribution in [3.05, 3.63) is 52.6 Å². The zero-order valence-corrected chi connectivity index (χ0v) is 11.2. The van der Waals surface area contributed by atoms with Gasteiger partial charge >= 0.3 is 10.0 Å². The van der Waals surface area contributed by atoms with E-state index in [1.165, 1.54) is 30.5 Å². The average Bonchev–Trinajstić information content (AvgIpc) is 2.70. The lowest BCUT2D eigenvalue weighted by Gasteiger charge is -2.01. The Kier molecular flexibility index (Phi) is 3.11. The maximum absolute atomic E-state index is 12.3. The maximum atomic E-state index is 12.3. The van der Waals surface area contributed by atoms with Gasteiger partial charge in [0.2, 0.25) is 0 Å². The minimum absolute atomic E-state index is 0.0115. The standard InChI is InChI=1S/C11H12N3O4S/c1-9-12(2)7-8-13(9)19(17,18)11-5-3-10(4-6-11)14(15)16/h3-8H,1-2H3/q+1. The number of nitro groups is 1. The Bertz CT molecular complexity index is 732.